The number of rotatable bonds is 2. The van der Waals surface area contributed by atoms with E-state index < -0.39 is 6.10 Å². The van der Waals surface area contributed by atoms with E-state index >= 15 is 0 Å². The Morgan fingerprint density at radius 1 is 1.45 bits per heavy atom. The topological polar surface area (TPSA) is 38.1 Å². The van der Waals surface area contributed by atoms with Crippen molar-refractivity contribution >= 4 is 0 Å². The molecule has 0 spiro atoms. The maximum Gasteiger partial charge on any atom is 0.0928 e. The molecule has 0 aliphatic carbocycles. The van der Waals surface area contributed by atoms with E-state index in [1.54, 1.807) is 13.1 Å². The van der Waals surface area contributed by atoms with Crippen molar-refractivity contribution in [3.8, 4) is 0 Å². The highest BCUT2D eigenvalue weighted by molar-refractivity contribution is 5.03. The summed E-state index contributed by atoms with van der Waals surface area (Å²) >= 11 is 0. The molecule has 0 aliphatic heterocycles. The number of aromatic nitrogens is 2. The Morgan fingerprint density at radius 3 is 2.45 bits per heavy atom. The highest BCUT2D eigenvalue weighted by Crippen LogP contribution is 2.14. The van der Waals surface area contributed by atoms with E-state index in [1.807, 2.05) is 24.6 Å². The number of hydrogen-bond donors (Lipinski definition) is 1. The molecule has 0 aliphatic rings. The molecule has 0 aromatic carbocycles. The second kappa shape index (κ2) is 3.05. The second-order valence-corrected chi connectivity index (χ2v) is 2.97. The molecule has 1 N–H and O–H groups in total. The summed E-state index contributed by atoms with van der Waals surface area (Å²) in [5.74, 6) is 0. The zero-order valence-corrected chi connectivity index (χ0v) is 7.15. The van der Waals surface area contributed by atoms with Crippen LogP contribution in [0.1, 0.15) is 38.6 Å². The van der Waals surface area contributed by atoms with Crippen LogP contribution in [-0.4, -0.2) is 14.9 Å². The number of hydrogen-bond acceptors (Lipinski definition) is 2. The van der Waals surface area contributed by atoms with Gasteiger partial charge < -0.3 is 5.11 Å². The summed E-state index contributed by atoms with van der Waals surface area (Å²) in [6.45, 7) is 5.83. The third-order valence-corrected chi connectivity index (χ3v) is 1.62. The Bertz CT molecular complexity index is 205. The van der Waals surface area contributed by atoms with Gasteiger partial charge in [-0.15, -0.1) is 0 Å². The van der Waals surface area contributed by atoms with Gasteiger partial charge in [0.2, 0.25) is 0 Å². The van der Waals surface area contributed by atoms with Crippen LogP contribution in [0.15, 0.2) is 12.3 Å². The predicted molar refractivity (Wildman–Crippen MR) is 43.2 cm³/mol. The average Bonchev–Trinajstić information content (AvgIpc) is 2.32. The molecule has 0 fully saturated rings. The first kappa shape index (κ1) is 8.27. The van der Waals surface area contributed by atoms with Gasteiger partial charge in [0.1, 0.15) is 0 Å². The monoisotopic (exact) mass is 154 g/mol. The van der Waals surface area contributed by atoms with E-state index in [0.29, 0.717) is 6.04 Å². The molecule has 3 heteroatoms. The predicted octanol–water partition coefficient (Wildman–Crippen LogP) is 1.52. The molecule has 1 unspecified atom stereocenters. The van der Waals surface area contributed by atoms with Crippen molar-refractivity contribution in [1.29, 1.82) is 0 Å². The van der Waals surface area contributed by atoms with Crippen LogP contribution >= 0.6 is 0 Å². The van der Waals surface area contributed by atoms with Crippen LogP contribution in [-0.2, 0) is 0 Å². The largest absolute Gasteiger partial charge is 0.387 e. The summed E-state index contributed by atoms with van der Waals surface area (Å²) in [5, 5.41) is 13.4. The smallest absolute Gasteiger partial charge is 0.0928 e. The van der Waals surface area contributed by atoms with E-state index in [-0.39, 0.29) is 0 Å². The number of aliphatic hydroxyl groups excluding tert-OH is 1. The highest BCUT2D eigenvalue weighted by atomic mass is 16.3. The lowest BCUT2D eigenvalue weighted by molar-refractivity contribution is 0.184. The van der Waals surface area contributed by atoms with E-state index in [9.17, 15) is 5.11 Å². The van der Waals surface area contributed by atoms with Gasteiger partial charge in [0.15, 0.2) is 0 Å². The molecule has 0 bridgehead atoms. The van der Waals surface area contributed by atoms with Crippen LogP contribution in [0.2, 0.25) is 0 Å². The molecule has 62 valence electrons. The molecular weight excluding hydrogens is 140 g/mol. The molecule has 0 amide bonds. The van der Waals surface area contributed by atoms with Crippen LogP contribution in [0.4, 0.5) is 0 Å². The summed E-state index contributed by atoms with van der Waals surface area (Å²) in [6, 6.07) is 2.15. The first-order valence-corrected chi connectivity index (χ1v) is 3.84. The van der Waals surface area contributed by atoms with Gasteiger partial charge in [-0.3, -0.25) is 4.68 Å². The summed E-state index contributed by atoms with van der Waals surface area (Å²) in [4.78, 5) is 0. The first-order valence-electron chi connectivity index (χ1n) is 3.84. The normalized spacial score (nSPS) is 13.9. The zero-order valence-electron chi connectivity index (χ0n) is 7.15. The molecule has 11 heavy (non-hydrogen) atoms. The van der Waals surface area contributed by atoms with Gasteiger partial charge in [-0.1, -0.05) is 0 Å². The second-order valence-electron chi connectivity index (χ2n) is 2.97. The van der Waals surface area contributed by atoms with Gasteiger partial charge >= 0.3 is 0 Å². The Morgan fingerprint density at radius 2 is 2.09 bits per heavy atom. The molecule has 1 aromatic heterocycles. The molecule has 1 atom stereocenters. The van der Waals surface area contributed by atoms with E-state index in [2.05, 4.69) is 5.10 Å². The molecule has 0 saturated carbocycles. The molecular formula is C8H14N2O. The first-order chi connectivity index (χ1) is 5.13. The van der Waals surface area contributed by atoms with E-state index in [1.165, 1.54) is 0 Å². The number of nitrogens with zero attached hydrogens (tertiary/aromatic N) is 2. The van der Waals surface area contributed by atoms with Crippen LogP contribution in [0.3, 0.4) is 0 Å². The lowest BCUT2D eigenvalue weighted by atomic mass is 10.2. The SMILES string of the molecule is CC(O)c1ccnn1C(C)C. The zero-order chi connectivity index (χ0) is 8.43. The van der Waals surface area contributed by atoms with Crippen molar-refractivity contribution in [3.63, 3.8) is 0 Å². The summed E-state index contributed by atoms with van der Waals surface area (Å²) in [5.41, 5.74) is 0.875. The van der Waals surface area contributed by atoms with Crippen LogP contribution in [0.25, 0.3) is 0 Å². The van der Waals surface area contributed by atoms with Gasteiger partial charge in [-0.2, -0.15) is 5.10 Å². The standard InChI is InChI=1S/C8H14N2O/c1-6(2)10-8(7(3)11)4-5-9-10/h4-7,11H,1-3H3. The quantitative estimate of drug-likeness (QED) is 0.701. The molecule has 0 saturated heterocycles. The minimum absolute atomic E-state index is 0.314. The van der Waals surface area contributed by atoms with Crippen molar-refractivity contribution in [2.45, 2.75) is 32.9 Å². The van der Waals surface area contributed by atoms with Gasteiger partial charge in [0, 0.05) is 12.2 Å². The molecule has 3 nitrogen and oxygen atoms in total. The fraction of sp³-hybridized carbons (Fsp3) is 0.625. The fourth-order valence-electron chi connectivity index (χ4n) is 1.09. The molecule has 1 rings (SSSR count). The van der Waals surface area contributed by atoms with Crippen LogP contribution < -0.4 is 0 Å². The summed E-state index contributed by atoms with van der Waals surface area (Å²) < 4.78 is 1.82. The van der Waals surface area contributed by atoms with Crippen molar-refractivity contribution in [1.82, 2.24) is 9.78 Å². The molecule has 1 aromatic rings. The Kier molecular flexibility index (Phi) is 2.29. The van der Waals surface area contributed by atoms with Crippen molar-refractivity contribution < 1.29 is 5.11 Å². The Labute approximate surface area is 66.7 Å². The third kappa shape index (κ3) is 1.60. The summed E-state index contributed by atoms with van der Waals surface area (Å²) in [7, 11) is 0. The molecule has 1 heterocycles. The number of aliphatic hydroxyl groups is 1. The van der Waals surface area contributed by atoms with Gasteiger partial charge in [-0.05, 0) is 26.8 Å². The van der Waals surface area contributed by atoms with E-state index in [4.69, 9.17) is 0 Å². The summed E-state index contributed by atoms with van der Waals surface area (Å²) in [6.07, 6.45) is 1.28. The van der Waals surface area contributed by atoms with Crippen molar-refractivity contribution in [3.05, 3.63) is 18.0 Å². The minimum atomic E-state index is -0.431. The van der Waals surface area contributed by atoms with Crippen molar-refractivity contribution in [2.24, 2.45) is 0 Å². The fourth-order valence-corrected chi connectivity index (χ4v) is 1.09. The van der Waals surface area contributed by atoms with Gasteiger partial charge in [0.25, 0.3) is 0 Å². The van der Waals surface area contributed by atoms with Crippen molar-refractivity contribution in [2.75, 3.05) is 0 Å². The minimum Gasteiger partial charge on any atom is -0.387 e. The maximum atomic E-state index is 9.28. The van der Waals surface area contributed by atoms with Crippen LogP contribution in [0.5, 0.6) is 0 Å². The third-order valence-electron chi connectivity index (χ3n) is 1.62. The highest BCUT2D eigenvalue weighted by Gasteiger charge is 2.09. The lowest BCUT2D eigenvalue weighted by Gasteiger charge is -2.12. The average molecular weight is 154 g/mol. The molecule has 0 radical (unpaired) electrons. The van der Waals surface area contributed by atoms with Gasteiger partial charge in [0.05, 0.1) is 11.8 Å². The van der Waals surface area contributed by atoms with Gasteiger partial charge in [-0.25, -0.2) is 0 Å². The lowest BCUT2D eigenvalue weighted by Crippen LogP contribution is -2.09. The Balaban J connectivity index is 2.96. The Hall–Kier alpha value is -0.830. The van der Waals surface area contributed by atoms with E-state index in [0.717, 1.165) is 5.69 Å². The maximum absolute atomic E-state index is 9.28. The van der Waals surface area contributed by atoms with Crippen LogP contribution in [0, 0.1) is 0 Å².